The van der Waals surface area contributed by atoms with Gasteiger partial charge in [0.15, 0.2) is 0 Å². The van der Waals surface area contributed by atoms with Crippen molar-refractivity contribution in [1.82, 2.24) is 5.48 Å². The summed E-state index contributed by atoms with van der Waals surface area (Å²) in [7, 11) is 0. The van der Waals surface area contributed by atoms with Gasteiger partial charge in [-0.15, -0.1) is 0 Å². The maximum atomic E-state index is 12.0. The Kier molecular flexibility index (Phi) is 3.80. The van der Waals surface area contributed by atoms with Gasteiger partial charge >= 0.3 is 0 Å². The zero-order chi connectivity index (χ0) is 13.1. The molecule has 4 nitrogen and oxygen atoms in total. The van der Waals surface area contributed by atoms with E-state index in [9.17, 15) is 4.79 Å². The van der Waals surface area contributed by atoms with Crippen LogP contribution in [0.4, 0.5) is 0 Å². The Bertz CT molecular complexity index is 422. The molecule has 3 rings (SSSR count). The number of nitrogens with one attached hydrogen (secondary N) is 1. The zero-order valence-electron chi connectivity index (χ0n) is 10.9. The second-order valence-electron chi connectivity index (χ2n) is 5.37. The van der Waals surface area contributed by atoms with Crippen molar-refractivity contribution in [3.8, 4) is 0 Å². The van der Waals surface area contributed by atoms with Crippen molar-refractivity contribution >= 4 is 5.91 Å². The van der Waals surface area contributed by atoms with Crippen molar-refractivity contribution in [3.05, 3.63) is 35.9 Å². The highest BCUT2D eigenvalue weighted by Gasteiger charge is 2.38. The number of ether oxygens (including phenoxy) is 1. The Morgan fingerprint density at radius 2 is 1.89 bits per heavy atom. The summed E-state index contributed by atoms with van der Waals surface area (Å²) < 4.78 is 5.73. The third-order valence-electron chi connectivity index (χ3n) is 3.92. The molecule has 1 aromatic rings. The third-order valence-corrected chi connectivity index (χ3v) is 3.92. The fourth-order valence-electron chi connectivity index (χ4n) is 2.92. The van der Waals surface area contributed by atoms with Crippen molar-refractivity contribution in [2.45, 2.75) is 44.5 Å². The highest BCUT2D eigenvalue weighted by Crippen LogP contribution is 2.35. The van der Waals surface area contributed by atoms with Gasteiger partial charge in [0, 0.05) is 5.92 Å². The van der Waals surface area contributed by atoms with Gasteiger partial charge in [0.25, 0.3) is 0 Å². The summed E-state index contributed by atoms with van der Waals surface area (Å²) in [6.07, 6.45) is 4.42. The van der Waals surface area contributed by atoms with Gasteiger partial charge in [0.2, 0.25) is 5.91 Å². The molecule has 2 atom stereocenters. The molecule has 19 heavy (non-hydrogen) atoms. The van der Waals surface area contributed by atoms with Gasteiger partial charge in [0.1, 0.15) is 0 Å². The molecular weight excluding hydrogens is 242 g/mol. The maximum Gasteiger partial charge on any atom is 0.246 e. The van der Waals surface area contributed by atoms with Crippen molar-refractivity contribution in [2.24, 2.45) is 5.92 Å². The van der Waals surface area contributed by atoms with E-state index in [4.69, 9.17) is 9.57 Å². The van der Waals surface area contributed by atoms with Crippen LogP contribution in [0.15, 0.2) is 30.3 Å². The molecule has 2 aliphatic heterocycles. The Morgan fingerprint density at radius 3 is 2.58 bits per heavy atom. The predicted molar refractivity (Wildman–Crippen MR) is 70.0 cm³/mol. The van der Waals surface area contributed by atoms with Crippen LogP contribution < -0.4 is 5.48 Å². The minimum absolute atomic E-state index is 0.00358. The Hall–Kier alpha value is -1.39. The fraction of sp³-hybridized carbons (Fsp3) is 0.533. The number of hydrogen-bond donors (Lipinski definition) is 1. The van der Waals surface area contributed by atoms with E-state index in [1.807, 2.05) is 30.3 Å². The Balaban J connectivity index is 1.44. The van der Waals surface area contributed by atoms with Gasteiger partial charge < -0.3 is 4.74 Å². The van der Waals surface area contributed by atoms with E-state index in [1.54, 1.807) is 0 Å². The minimum Gasteiger partial charge on any atom is -0.375 e. The van der Waals surface area contributed by atoms with Crippen molar-refractivity contribution in [2.75, 3.05) is 0 Å². The lowest BCUT2D eigenvalue weighted by Crippen LogP contribution is -2.37. The number of amides is 1. The third kappa shape index (κ3) is 3.14. The van der Waals surface area contributed by atoms with E-state index in [1.165, 1.54) is 0 Å². The van der Waals surface area contributed by atoms with E-state index >= 15 is 0 Å². The molecule has 2 fully saturated rings. The second-order valence-corrected chi connectivity index (χ2v) is 5.37. The predicted octanol–water partition coefficient (Wildman–Crippen LogP) is 2.19. The minimum atomic E-state index is -0.00358. The largest absolute Gasteiger partial charge is 0.375 e. The van der Waals surface area contributed by atoms with Crippen LogP contribution in [0.25, 0.3) is 0 Å². The number of rotatable bonds is 4. The standard InChI is InChI=1S/C15H19NO3/c17-15(12-8-13-6-7-14(9-12)19-13)16-18-10-11-4-2-1-3-5-11/h1-5,12-14H,6-10H2,(H,16,17). The van der Waals surface area contributed by atoms with E-state index in [0.717, 1.165) is 31.2 Å². The molecule has 0 saturated carbocycles. The monoisotopic (exact) mass is 261 g/mol. The van der Waals surface area contributed by atoms with Crippen LogP contribution >= 0.6 is 0 Å². The first-order chi connectivity index (χ1) is 9.31. The molecule has 1 aromatic carbocycles. The lowest BCUT2D eigenvalue weighted by molar-refractivity contribution is -0.144. The van der Waals surface area contributed by atoms with Gasteiger partial charge in [-0.1, -0.05) is 30.3 Å². The highest BCUT2D eigenvalue weighted by molar-refractivity contribution is 5.77. The smallest absolute Gasteiger partial charge is 0.246 e. The van der Waals surface area contributed by atoms with Crippen molar-refractivity contribution in [1.29, 1.82) is 0 Å². The molecule has 2 aliphatic rings. The summed E-state index contributed by atoms with van der Waals surface area (Å²) in [5.41, 5.74) is 3.63. The Morgan fingerprint density at radius 1 is 1.21 bits per heavy atom. The molecule has 2 bridgehead atoms. The van der Waals surface area contributed by atoms with Crippen LogP contribution in [0.2, 0.25) is 0 Å². The summed E-state index contributed by atoms with van der Waals surface area (Å²) in [6, 6.07) is 9.81. The number of hydrogen-bond acceptors (Lipinski definition) is 3. The summed E-state index contributed by atoms with van der Waals surface area (Å²) in [5, 5.41) is 0. The van der Waals surface area contributed by atoms with E-state index in [2.05, 4.69) is 5.48 Å². The molecule has 1 amide bonds. The average Bonchev–Trinajstić information content (AvgIpc) is 2.78. The molecule has 2 saturated heterocycles. The number of carbonyl (C=O) groups is 1. The van der Waals surface area contributed by atoms with Crippen LogP contribution in [0.1, 0.15) is 31.2 Å². The lowest BCUT2D eigenvalue weighted by atomic mass is 9.95. The molecule has 0 aromatic heterocycles. The summed E-state index contributed by atoms with van der Waals surface area (Å²) in [6.45, 7) is 0.405. The van der Waals surface area contributed by atoms with Crippen LogP contribution in [0, 0.1) is 5.92 Å². The van der Waals surface area contributed by atoms with Crippen molar-refractivity contribution < 1.29 is 14.4 Å². The summed E-state index contributed by atoms with van der Waals surface area (Å²) in [5.74, 6) is 0.0400. The molecule has 0 spiro atoms. The van der Waals surface area contributed by atoms with Gasteiger partial charge in [-0.25, -0.2) is 5.48 Å². The molecular formula is C15H19NO3. The highest BCUT2D eigenvalue weighted by atomic mass is 16.6. The topological polar surface area (TPSA) is 47.6 Å². The van der Waals surface area contributed by atoms with Crippen LogP contribution in [0.5, 0.6) is 0 Å². The van der Waals surface area contributed by atoms with E-state index < -0.39 is 0 Å². The van der Waals surface area contributed by atoms with Crippen LogP contribution in [0.3, 0.4) is 0 Å². The molecule has 4 heteroatoms. The number of hydroxylamine groups is 1. The molecule has 2 heterocycles. The molecule has 0 aliphatic carbocycles. The first kappa shape index (κ1) is 12.6. The molecule has 1 N–H and O–H groups in total. The SMILES string of the molecule is O=C(NOCc1ccccc1)C1CC2CCC(C1)O2. The van der Waals surface area contributed by atoms with Crippen LogP contribution in [-0.2, 0) is 21.0 Å². The molecule has 102 valence electrons. The summed E-state index contributed by atoms with van der Waals surface area (Å²) >= 11 is 0. The first-order valence-electron chi connectivity index (χ1n) is 6.92. The van der Waals surface area contributed by atoms with Gasteiger partial charge in [-0.05, 0) is 31.2 Å². The average molecular weight is 261 g/mol. The molecule has 2 unspecified atom stereocenters. The maximum absolute atomic E-state index is 12.0. The fourth-order valence-corrected chi connectivity index (χ4v) is 2.92. The normalized spacial score (nSPS) is 29.2. The van der Waals surface area contributed by atoms with E-state index in [0.29, 0.717) is 6.61 Å². The summed E-state index contributed by atoms with van der Waals surface area (Å²) in [4.78, 5) is 17.3. The number of fused-ring (bicyclic) bond motifs is 2. The van der Waals surface area contributed by atoms with Crippen molar-refractivity contribution in [3.63, 3.8) is 0 Å². The first-order valence-corrected chi connectivity index (χ1v) is 6.92. The van der Waals surface area contributed by atoms with Gasteiger partial charge in [-0.2, -0.15) is 0 Å². The Labute approximate surface area is 113 Å². The number of carbonyl (C=O) groups excluding carboxylic acids is 1. The second kappa shape index (κ2) is 5.72. The lowest BCUT2D eigenvalue weighted by Gasteiger charge is -2.27. The van der Waals surface area contributed by atoms with Gasteiger partial charge in [0.05, 0.1) is 18.8 Å². The zero-order valence-corrected chi connectivity index (χ0v) is 10.9. The number of benzene rings is 1. The quantitative estimate of drug-likeness (QED) is 0.845. The van der Waals surface area contributed by atoms with Gasteiger partial charge in [-0.3, -0.25) is 9.63 Å². The van der Waals surface area contributed by atoms with E-state index in [-0.39, 0.29) is 24.0 Å². The van der Waals surface area contributed by atoms with Crippen LogP contribution in [-0.4, -0.2) is 18.1 Å². The molecule has 0 radical (unpaired) electrons.